The maximum atomic E-state index is 13.8. The largest absolute Gasteiger partial charge is 0.352 e. The van der Waals surface area contributed by atoms with Crippen molar-refractivity contribution in [3.8, 4) is 0 Å². The zero-order valence-electron chi connectivity index (χ0n) is 11.1. The minimum absolute atomic E-state index is 0.0250. The summed E-state index contributed by atoms with van der Waals surface area (Å²) >= 11 is 5.64. The van der Waals surface area contributed by atoms with E-state index in [1.54, 1.807) is 0 Å². The van der Waals surface area contributed by atoms with E-state index in [0.29, 0.717) is 0 Å². The van der Waals surface area contributed by atoms with Gasteiger partial charge in [-0.3, -0.25) is 4.79 Å². The summed E-state index contributed by atoms with van der Waals surface area (Å²) in [6, 6.07) is 4.19. The van der Waals surface area contributed by atoms with Gasteiger partial charge in [-0.15, -0.1) is 5.10 Å². The monoisotopic (exact) mass is 322 g/mol. The normalized spacial score (nSPS) is 10.9. The van der Waals surface area contributed by atoms with Crippen molar-refractivity contribution in [3.63, 3.8) is 0 Å². The molecule has 1 amide bonds. The lowest BCUT2D eigenvalue weighted by molar-refractivity contribution is 0.102. The van der Waals surface area contributed by atoms with Gasteiger partial charge in [0.05, 0.1) is 10.7 Å². The zero-order valence-corrected chi connectivity index (χ0v) is 11.9. The highest BCUT2D eigenvalue weighted by Gasteiger charge is 2.19. The van der Waals surface area contributed by atoms with Gasteiger partial charge in [0, 0.05) is 7.05 Å². The Balaban J connectivity index is 2.01. The van der Waals surface area contributed by atoms with E-state index in [9.17, 15) is 14.0 Å². The van der Waals surface area contributed by atoms with Crippen LogP contribution in [0.5, 0.6) is 0 Å². The van der Waals surface area contributed by atoms with Crippen LogP contribution in [0.4, 0.5) is 10.1 Å². The first-order chi connectivity index (χ1) is 10.5. The molecule has 0 fully saturated rings. The summed E-state index contributed by atoms with van der Waals surface area (Å²) in [4.78, 5) is 27.8. The molecule has 3 aromatic rings. The minimum atomic E-state index is -0.761. The highest BCUT2D eigenvalue weighted by Crippen LogP contribution is 2.22. The van der Waals surface area contributed by atoms with Crippen molar-refractivity contribution in [1.29, 1.82) is 0 Å². The lowest BCUT2D eigenvalue weighted by Gasteiger charge is -2.05. The summed E-state index contributed by atoms with van der Waals surface area (Å²) in [5.74, 6) is -1.49. The molecular weight excluding hydrogens is 315 g/mol. The molecule has 0 aliphatic heterocycles. The van der Waals surface area contributed by atoms with E-state index in [1.165, 1.54) is 25.2 Å². The number of fused-ring (bicyclic) bond motifs is 1. The van der Waals surface area contributed by atoms with Gasteiger partial charge < -0.3 is 5.32 Å². The standard InChI is InChI=1S/C12H8ClFN6O2/c1-19-12(22)20-5-15-9(10(20)17-18-19)11(21)16-7-4-2-3-6(13)8(7)14/h2-5H,1H3,(H,16,21). The number of benzene rings is 1. The van der Waals surface area contributed by atoms with Crippen LogP contribution >= 0.6 is 11.6 Å². The molecule has 0 bridgehead atoms. The molecule has 22 heavy (non-hydrogen) atoms. The van der Waals surface area contributed by atoms with Crippen molar-refractivity contribution >= 4 is 28.8 Å². The van der Waals surface area contributed by atoms with E-state index in [2.05, 4.69) is 20.6 Å². The third-order valence-corrected chi connectivity index (χ3v) is 3.21. The molecule has 0 saturated carbocycles. The van der Waals surface area contributed by atoms with Crippen LogP contribution in [0.15, 0.2) is 29.3 Å². The number of aryl methyl sites for hydroxylation is 1. The SMILES string of the molecule is Cn1nnc2c(C(=O)Nc3cccc(Cl)c3F)ncn2c1=O. The molecule has 0 aliphatic carbocycles. The molecule has 112 valence electrons. The molecule has 2 heterocycles. The molecule has 10 heteroatoms. The molecule has 0 spiro atoms. The quantitative estimate of drug-likeness (QED) is 0.755. The molecule has 1 aromatic carbocycles. The Morgan fingerprint density at radius 3 is 2.95 bits per heavy atom. The highest BCUT2D eigenvalue weighted by molar-refractivity contribution is 6.31. The average Bonchev–Trinajstić information content (AvgIpc) is 2.92. The van der Waals surface area contributed by atoms with Gasteiger partial charge in [-0.05, 0) is 12.1 Å². The van der Waals surface area contributed by atoms with E-state index in [0.717, 1.165) is 15.4 Å². The van der Waals surface area contributed by atoms with E-state index < -0.39 is 17.4 Å². The Bertz CT molecular complexity index is 950. The van der Waals surface area contributed by atoms with Crippen LogP contribution in [0.25, 0.3) is 5.65 Å². The van der Waals surface area contributed by atoms with Crippen LogP contribution in [0.2, 0.25) is 5.02 Å². The molecule has 0 radical (unpaired) electrons. The van der Waals surface area contributed by atoms with E-state index in [-0.39, 0.29) is 22.1 Å². The molecule has 1 N–H and O–H groups in total. The molecule has 3 rings (SSSR count). The first kappa shape index (κ1) is 14.1. The predicted octanol–water partition coefficient (Wildman–Crippen LogP) is 0.868. The fourth-order valence-electron chi connectivity index (χ4n) is 1.82. The molecule has 2 aromatic heterocycles. The van der Waals surface area contributed by atoms with Gasteiger partial charge in [0.1, 0.15) is 6.33 Å². The van der Waals surface area contributed by atoms with Gasteiger partial charge in [-0.2, -0.15) is 4.68 Å². The number of nitrogens with one attached hydrogen (secondary N) is 1. The third kappa shape index (κ3) is 2.21. The van der Waals surface area contributed by atoms with Crippen molar-refractivity contribution in [3.05, 3.63) is 51.5 Å². The van der Waals surface area contributed by atoms with Gasteiger partial charge in [-0.25, -0.2) is 18.6 Å². The molecular formula is C12H8ClFN6O2. The fraction of sp³-hybridized carbons (Fsp3) is 0.0833. The minimum Gasteiger partial charge on any atom is -0.318 e. The molecule has 0 atom stereocenters. The number of carbonyl (C=O) groups is 1. The molecule has 8 nitrogen and oxygen atoms in total. The first-order valence-corrected chi connectivity index (χ1v) is 6.39. The maximum Gasteiger partial charge on any atom is 0.352 e. The number of halogens is 2. The van der Waals surface area contributed by atoms with Crippen LogP contribution in [-0.4, -0.2) is 30.3 Å². The Hall–Kier alpha value is -2.81. The number of amides is 1. The summed E-state index contributed by atoms with van der Waals surface area (Å²) in [5, 5.41) is 9.52. The van der Waals surface area contributed by atoms with Crippen molar-refractivity contribution in [2.24, 2.45) is 7.05 Å². The van der Waals surface area contributed by atoms with E-state index in [1.807, 2.05) is 0 Å². The summed E-state index contributed by atoms with van der Waals surface area (Å²) in [6.07, 6.45) is 1.15. The number of aromatic nitrogens is 5. The van der Waals surface area contributed by atoms with Crippen LogP contribution in [0, 0.1) is 5.82 Å². The van der Waals surface area contributed by atoms with Crippen molar-refractivity contribution in [2.75, 3.05) is 5.32 Å². The van der Waals surface area contributed by atoms with Crippen LogP contribution < -0.4 is 11.0 Å². The lowest BCUT2D eigenvalue weighted by Crippen LogP contribution is -2.27. The van der Waals surface area contributed by atoms with Gasteiger partial charge in [0.15, 0.2) is 17.2 Å². The number of hydrogen-bond acceptors (Lipinski definition) is 5. The number of rotatable bonds is 2. The summed E-state index contributed by atoms with van der Waals surface area (Å²) in [7, 11) is 1.41. The van der Waals surface area contributed by atoms with E-state index in [4.69, 9.17) is 11.6 Å². The van der Waals surface area contributed by atoms with Crippen molar-refractivity contribution in [1.82, 2.24) is 24.4 Å². The summed E-state index contributed by atoms with van der Waals surface area (Å²) < 4.78 is 15.8. The van der Waals surface area contributed by atoms with Crippen LogP contribution in [-0.2, 0) is 7.05 Å². The number of imidazole rings is 1. The average molecular weight is 323 g/mol. The second kappa shape index (κ2) is 5.19. The predicted molar refractivity (Wildman–Crippen MR) is 75.4 cm³/mol. The van der Waals surface area contributed by atoms with Gasteiger partial charge in [-0.1, -0.05) is 22.9 Å². The topological polar surface area (TPSA) is 94.2 Å². The summed E-state index contributed by atoms with van der Waals surface area (Å²) in [6.45, 7) is 0. The smallest absolute Gasteiger partial charge is 0.318 e. The highest BCUT2D eigenvalue weighted by atomic mass is 35.5. The number of hydrogen-bond donors (Lipinski definition) is 1. The summed E-state index contributed by atoms with van der Waals surface area (Å²) in [5.41, 5.74) is -0.784. The van der Waals surface area contributed by atoms with Gasteiger partial charge in [0.25, 0.3) is 5.91 Å². The fourth-order valence-corrected chi connectivity index (χ4v) is 2.00. The number of nitrogens with zero attached hydrogens (tertiary/aromatic N) is 5. The van der Waals surface area contributed by atoms with Crippen LogP contribution in [0.3, 0.4) is 0 Å². The Labute approximate surface area is 127 Å². The molecule has 0 saturated heterocycles. The van der Waals surface area contributed by atoms with E-state index >= 15 is 0 Å². The first-order valence-electron chi connectivity index (χ1n) is 6.01. The van der Waals surface area contributed by atoms with Gasteiger partial charge >= 0.3 is 5.69 Å². The Morgan fingerprint density at radius 2 is 2.18 bits per heavy atom. The number of carbonyl (C=O) groups excluding carboxylic acids is 1. The lowest BCUT2D eigenvalue weighted by atomic mass is 10.3. The Morgan fingerprint density at radius 1 is 1.41 bits per heavy atom. The zero-order chi connectivity index (χ0) is 15.9. The second-order valence-corrected chi connectivity index (χ2v) is 4.75. The van der Waals surface area contributed by atoms with Gasteiger partial charge in [0.2, 0.25) is 0 Å². The second-order valence-electron chi connectivity index (χ2n) is 4.34. The molecule has 0 aliphatic rings. The maximum absolute atomic E-state index is 13.8. The van der Waals surface area contributed by atoms with Crippen molar-refractivity contribution in [2.45, 2.75) is 0 Å². The van der Waals surface area contributed by atoms with Crippen molar-refractivity contribution < 1.29 is 9.18 Å². The molecule has 0 unspecified atom stereocenters. The third-order valence-electron chi connectivity index (χ3n) is 2.91. The van der Waals surface area contributed by atoms with Crippen LogP contribution in [0.1, 0.15) is 10.5 Å². The Kier molecular flexibility index (Phi) is 3.33. The number of anilines is 1.